The summed E-state index contributed by atoms with van der Waals surface area (Å²) in [6.07, 6.45) is 0. The molecule has 9 aromatic carbocycles. The Morgan fingerprint density at radius 1 is 0.345 bits per heavy atom. The van der Waals surface area contributed by atoms with Crippen LogP contribution in [-0.2, 0) is 0 Å². The molecule has 0 aliphatic rings. The number of thiophene rings is 1. The van der Waals surface area contributed by atoms with Crippen molar-refractivity contribution in [1.29, 1.82) is 0 Å². The van der Waals surface area contributed by atoms with E-state index in [0.29, 0.717) is 17.5 Å². The monoisotopic (exact) mass is 756 g/mol. The largest absolute Gasteiger partial charge is 0.309 e. The van der Waals surface area contributed by atoms with Crippen LogP contribution < -0.4 is 0 Å². The average molecular weight is 757 g/mol. The van der Waals surface area contributed by atoms with Gasteiger partial charge in [-0.3, -0.25) is 0 Å². The second-order valence-corrected chi connectivity index (χ2v) is 15.8. The molecule has 0 fully saturated rings. The van der Waals surface area contributed by atoms with E-state index in [4.69, 9.17) is 15.0 Å². The molecular formula is C53H32N4S. The molecule has 0 spiro atoms. The molecule has 0 amide bonds. The lowest BCUT2D eigenvalue weighted by molar-refractivity contribution is 1.08. The Balaban J connectivity index is 1.15. The Morgan fingerprint density at radius 2 is 0.966 bits per heavy atom. The van der Waals surface area contributed by atoms with Crippen LogP contribution in [0.15, 0.2) is 194 Å². The molecule has 0 saturated carbocycles. The van der Waals surface area contributed by atoms with Crippen molar-refractivity contribution in [2.24, 2.45) is 0 Å². The molecule has 5 heteroatoms. The Hall–Kier alpha value is -7.47. The molecule has 3 aromatic heterocycles. The number of benzene rings is 9. The minimum Gasteiger partial charge on any atom is -0.309 e. The van der Waals surface area contributed by atoms with Gasteiger partial charge in [-0.05, 0) is 81.2 Å². The molecule has 0 aliphatic heterocycles. The standard InChI is InChI=1S/C53H32N4S/c1-2-15-34(16-3-1)51-54-52(56-53(55-51)44-25-13-24-42-41-22-9-11-27-49(41)58-50(42)44)43-29-28-37(32-45(43)39-23-12-19-33-14-6-7-20-38(33)39)57-47-26-10-8-21-40(47)46-30-35-17-4-5-18-36(35)31-48(46)57/h1-32H. The van der Waals surface area contributed by atoms with Gasteiger partial charge in [-0.25, -0.2) is 15.0 Å². The van der Waals surface area contributed by atoms with Gasteiger partial charge in [0.05, 0.1) is 11.0 Å². The van der Waals surface area contributed by atoms with E-state index in [0.717, 1.165) is 39.0 Å². The number of fused-ring (bicyclic) bond motifs is 8. The Kier molecular flexibility index (Phi) is 7.37. The molecule has 12 rings (SSSR count). The zero-order valence-corrected chi connectivity index (χ0v) is 32.0. The Bertz CT molecular complexity index is 3580. The Labute approximate surface area is 338 Å². The molecule has 0 saturated heterocycles. The second-order valence-electron chi connectivity index (χ2n) is 14.8. The lowest BCUT2D eigenvalue weighted by Gasteiger charge is -2.17. The first-order valence-corrected chi connectivity index (χ1v) is 20.3. The van der Waals surface area contributed by atoms with E-state index in [2.05, 4.69) is 180 Å². The third-order valence-electron chi connectivity index (χ3n) is 11.4. The van der Waals surface area contributed by atoms with E-state index < -0.39 is 0 Å². The van der Waals surface area contributed by atoms with Crippen molar-refractivity contribution >= 4 is 74.9 Å². The van der Waals surface area contributed by atoms with Crippen LogP contribution in [0.5, 0.6) is 0 Å². The van der Waals surface area contributed by atoms with Crippen LogP contribution in [0.2, 0.25) is 0 Å². The van der Waals surface area contributed by atoms with E-state index in [1.54, 1.807) is 11.3 Å². The molecule has 0 radical (unpaired) electrons. The van der Waals surface area contributed by atoms with Gasteiger partial charge in [0.2, 0.25) is 0 Å². The van der Waals surface area contributed by atoms with Crippen LogP contribution in [0.4, 0.5) is 0 Å². The van der Waals surface area contributed by atoms with Gasteiger partial charge in [0, 0.05) is 53.3 Å². The normalized spacial score (nSPS) is 11.8. The van der Waals surface area contributed by atoms with Crippen molar-refractivity contribution in [2.45, 2.75) is 0 Å². The maximum Gasteiger partial charge on any atom is 0.165 e. The highest BCUT2D eigenvalue weighted by atomic mass is 32.1. The highest BCUT2D eigenvalue weighted by Gasteiger charge is 2.21. The van der Waals surface area contributed by atoms with Crippen LogP contribution in [0, 0.1) is 0 Å². The summed E-state index contributed by atoms with van der Waals surface area (Å²) in [6, 6.07) is 69.3. The maximum atomic E-state index is 5.39. The first kappa shape index (κ1) is 32.7. The van der Waals surface area contributed by atoms with E-state index in [1.807, 2.05) is 18.2 Å². The SMILES string of the molecule is c1ccc(-c2nc(-c3ccc(-n4c5ccccc5c5cc6ccccc6cc54)cc3-c3cccc4ccccc34)nc(-c3cccc4c3sc3ccccc34)n2)cc1. The van der Waals surface area contributed by atoms with Gasteiger partial charge in [0.25, 0.3) is 0 Å². The summed E-state index contributed by atoms with van der Waals surface area (Å²) < 4.78 is 4.82. The van der Waals surface area contributed by atoms with E-state index in [1.165, 1.54) is 58.0 Å². The summed E-state index contributed by atoms with van der Waals surface area (Å²) in [6.45, 7) is 0. The Morgan fingerprint density at radius 3 is 1.83 bits per heavy atom. The topological polar surface area (TPSA) is 43.6 Å². The first-order chi connectivity index (χ1) is 28.7. The lowest BCUT2D eigenvalue weighted by Crippen LogP contribution is -2.02. The summed E-state index contributed by atoms with van der Waals surface area (Å²) in [5.41, 5.74) is 8.46. The fourth-order valence-electron chi connectivity index (χ4n) is 8.74. The van der Waals surface area contributed by atoms with Crippen molar-refractivity contribution in [3.63, 3.8) is 0 Å². The summed E-state index contributed by atoms with van der Waals surface area (Å²) in [7, 11) is 0. The number of rotatable bonds is 5. The van der Waals surface area contributed by atoms with E-state index >= 15 is 0 Å². The minimum atomic E-state index is 0.629. The number of aromatic nitrogens is 4. The van der Waals surface area contributed by atoms with Gasteiger partial charge in [0.1, 0.15) is 0 Å². The van der Waals surface area contributed by atoms with Crippen molar-refractivity contribution in [3.05, 3.63) is 194 Å². The smallest absolute Gasteiger partial charge is 0.165 e. The molecule has 0 atom stereocenters. The zero-order chi connectivity index (χ0) is 38.2. The fraction of sp³-hybridized carbons (Fsp3) is 0. The summed E-state index contributed by atoms with van der Waals surface area (Å²) in [5.74, 6) is 1.92. The third kappa shape index (κ3) is 5.18. The van der Waals surface area contributed by atoms with Gasteiger partial charge >= 0.3 is 0 Å². The molecule has 12 aromatic rings. The van der Waals surface area contributed by atoms with Crippen LogP contribution in [0.3, 0.4) is 0 Å². The first-order valence-electron chi connectivity index (χ1n) is 19.5. The molecule has 0 bridgehead atoms. The molecule has 3 heterocycles. The van der Waals surface area contributed by atoms with Crippen molar-refractivity contribution < 1.29 is 0 Å². The maximum absolute atomic E-state index is 5.39. The number of nitrogens with zero attached hydrogens (tertiary/aromatic N) is 4. The van der Waals surface area contributed by atoms with Gasteiger partial charge in [-0.1, -0.05) is 146 Å². The summed E-state index contributed by atoms with van der Waals surface area (Å²) in [5, 5.41) is 9.70. The highest BCUT2D eigenvalue weighted by molar-refractivity contribution is 7.26. The molecule has 4 nitrogen and oxygen atoms in total. The number of hydrogen-bond acceptors (Lipinski definition) is 4. The van der Waals surface area contributed by atoms with Gasteiger partial charge in [-0.15, -0.1) is 11.3 Å². The van der Waals surface area contributed by atoms with Crippen LogP contribution >= 0.6 is 11.3 Å². The predicted molar refractivity (Wildman–Crippen MR) is 244 cm³/mol. The van der Waals surface area contributed by atoms with E-state index in [9.17, 15) is 0 Å². The minimum absolute atomic E-state index is 0.629. The fourth-order valence-corrected chi connectivity index (χ4v) is 9.95. The quantitative estimate of drug-likeness (QED) is 0.176. The van der Waals surface area contributed by atoms with Gasteiger partial charge < -0.3 is 4.57 Å². The molecule has 0 unspecified atom stereocenters. The van der Waals surface area contributed by atoms with Crippen molar-refractivity contribution in [3.8, 4) is 51.0 Å². The highest BCUT2D eigenvalue weighted by Crippen LogP contribution is 2.43. The van der Waals surface area contributed by atoms with E-state index in [-0.39, 0.29) is 0 Å². The molecular weight excluding hydrogens is 725 g/mol. The lowest BCUT2D eigenvalue weighted by atomic mass is 9.93. The van der Waals surface area contributed by atoms with Gasteiger partial charge in [0.15, 0.2) is 17.5 Å². The van der Waals surface area contributed by atoms with Crippen molar-refractivity contribution in [1.82, 2.24) is 19.5 Å². The van der Waals surface area contributed by atoms with Gasteiger partial charge in [-0.2, -0.15) is 0 Å². The van der Waals surface area contributed by atoms with Crippen LogP contribution in [0.25, 0.3) is 115 Å². The zero-order valence-electron chi connectivity index (χ0n) is 31.2. The third-order valence-corrected chi connectivity index (χ3v) is 12.7. The number of para-hydroxylation sites is 1. The second kappa shape index (κ2) is 13.1. The summed E-state index contributed by atoms with van der Waals surface area (Å²) in [4.78, 5) is 15.9. The molecule has 270 valence electrons. The van der Waals surface area contributed by atoms with Crippen molar-refractivity contribution in [2.75, 3.05) is 0 Å². The molecule has 0 aliphatic carbocycles. The predicted octanol–water partition coefficient (Wildman–Crippen LogP) is 14.3. The van der Waals surface area contributed by atoms with Crippen LogP contribution in [0.1, 0.15) is 0 Å². The molecule has 58 heavy (non-hydrogen) atoms. The summed E-state index contributed by atoms with van der Waals surface area (Å²) >= 11 is 1.79. The average Bonchev–Trinajstić information content (AvgIpc) is 3.83. The number of hydrogen-bond donors (Lipinski definition) is 0. The van der Waals surface area contributed by atoms with Crippen LogP contribution in [-0.4, -0.2) is 19.5 Å². The molecule has 0 N–H and O–H groups in total.